The number of carbonyl (C=O) groups is 1. The zero-order valence-corrected chi connectivity index (χ0v) is 8.00. The molecule has 0 spiro atoms. The highest BCUT2D eigenvalue weighted by Gasteiger charge is 2.51. The van der Waals surface area contributed by atoms with Crippen molar-refractivity contribution in [2.45, 2.75) is 44.2 Å². The molecule has 2 fully saturated rings. The van der Waals surface area contributed by atoms with Crippen molar-refractivity contribution < 1.29 is 20.1 Å². The molecule has 2 rings (SSSR count). The van der Waals surface area contributed by atoms with Crippen molar-refractivity contribution in [1.29, 1.82) is 0 Å². The van der Waals surface area contributed by atoms with Gasteiger partial charge in [-0.1, -0.05) is 6.92 Å². The minimum atomic E-state index is -1.25. The minimum Gasteiger partial charge on any atom is -0.388 e. The SMILES string of the molecule is CC1CCC2C(O)C(O)C(O)N2C1=O. The summed E-state index contributed by atoms with van der Waals surface area (Å²) >= 11 is 0. The van der Waals surface area contributed by atoms with Gasteiger partial charge in [-0.2, -0.15) is 0 Å². The first-order valence-corrected chi connectivity index (χ1v) is 4.90. The number of amides is 1. The molecule has 0 aromatic heterocycles. The molecule has 2 heterocycles. The molecule has 3 N–H and O–H groups in total. The summed E-state index contributed by atoms with van der Waals surface area (Å²) in [4.78, 5) is 12.9. The van der Waals surface area contributed by atoms with Crippen LogP contribution in [-0.4, -0.2) is 50.6 Å². The Morgan fingerprint density at radius 3 is 2.50 bits per heavy atom. The summed E-state index contributed by atoms with van der Waals surface area (Å²) in [5, 5.41) is 28.5. The van der Waals surface area contributed by atoms with E-state index in [0.717, 1.165) is 0 Å². The smallest absolute Gasteiger partial charge is 0.227 e. The van der Waals surface area contributed by atoms with E-state index >= 15 is 0 Å². The Hall–Kier alpha value is -0.650. The van der Waals surface area contributed by atoms with Crippen molar-refractivity contribution in [3.8, 4) is 0 Å². The second-order valence-electron chi connectivity index (χ2n) is 4.19. The number of piperidine rings is 1. The van der Waals surface area contributed by atoms with Crippen molar-refractivity contribution in [3.05, 3.63) is 0 Å². The lowest BCUT2D eigenvalue weighted by molar-refractivity contribution is -0.152. The third kappa shape index (κ3) is 1.16. The Kier molecular flexibility index (Phi) is 2.25. The highest BCUT2D eigenvalue weighted by atomic mass is 16.4. The van der Waals surface area contributed by atoms with Gasteiger partial charge in [0.1, 0.15) is 12.2 Å². The summed E-state index contributed by atoms with van der Waals surface area (Å²) in [6, 6.07) is -0.413. The molecule has 0 aliphatic carbocycles. The van der Waals surface area contributed by atoms with Crippen LogP contribution in [0.2, 0.25) is 0 Å². The van der Waals surface area contributed by atoms with Crippen LogP contribution in [0.15, 0.2) is 0 Å². The molecule has 1 amide bonds. The van der Waals surface area contributed by atoms with Crippen LogP contribution in [0.3, 0.4) is 0 Å². The summed E-state index contributed by atoms with van der Waals surface area (Å²) in [6.45, 7) is 1.79. The lowest BCUT2D eigenvalue weighted by atomic mass is 9.93. The monoisotopic (exact) mass is 201 g/mol. The van der Waals surface area contributed by atoms with Gasteiger partial charge < -0.3 is 20.2 Å². The van der Waals surface area contributed by atoms with Gasteiger partial charge in [-0.25, -0.2) is 0 Å². The molecular weight excluding hydrogens is 186 g/mol. The van der Waals surface area contributed by atoms with Gasteiger partial charge in [0.05, 0.1) is 6.04 Å². The standard InChI is InChI=1S/C9H15NO4/c1-4-2-3-5-6(11)7(12)9(14)10(5)8(4)13/h4-7,9,11-12,14H,2-3H2,1H3. The first-order valence-electron chi connectivity index (χ1n) is 4.90. The predicted molar refractivity (Wildman–Crippen MR) is 47.1 cm³/mol. The lowest BCUT2D eigenvalue weighted by Gasteiger charge is -2.35. The first kappa shape index (κ1) is 9.89. The minimum absolute atomic E-state index is 0.126. The number of aliphatic hydroxyl groups is 3. The maximum Gasteiger partial charge on any atom is 0.227 e. The van der Waals surface area contributed by atoms with Gasteiger partial charge in [0.15, 0.2) is 6.23 Å². The maximum absolute atomic E-state index is 11.7. The van der Waals surface area contributed by atoms with E-state index in [0.29, 0.717) is 12.8 Å². The Labute approximate surface area is 82.0 Å². The second-order valence-corrected chi connectivity index (χ2v) is 4.19. The predicted octanol–water partition coefficient (Wildman–Crippen LogP) is -1.33. The normalized spacial score (nSPS) is 48.1. The molecule has 0 aromatic carbocycles. The van der Waals surface area contributed by atoms with E-state index in [1.165, 1.54) is 4.90 Å². The summed E-state index contributed by atoms with van der Waals surface area (Å²) in [7, 11) is 0. The van der Waals surface area contributed by atoms with E-state index in [1.807, 2.05) is 0 Å². The Morgan fingerprint density at radius 2 is 1.86 bits per heavy atom. The van der Waals surface area contributed by atoms with Crippen LogP contribution in [0, 0.1) is 5.92 Å². The maximum atomic E-state index is 11.7. The Morgan fingerprint density at radius 1 is 1.21 bits per heavy atom. The van der Waals surface area contributed by atoms with E-state index in [4.69, 9.17) is 0 Å². The fourth-order valence-corrected chi connectivity index (χ4v) is 2.33. The lowest BCUT2D eigenvalue weighted by Crippen LogP contribution is -2.49. The van der Waals surface area contributed by atoms with Crippen LogP contribution >= 0.6 is 0 Å². The van der Waals surface area contributed by atoms with Crippen LogP contribution in [0.4, 0.5) is 0 Å². The zero-order chi connectivity index (χ0) is 10.5. The average Bonchev–Trinajstić information content (AvgIpc) is 2.38. The number of fused-ring (bicyclic) bond motifs is 1. The summed E-state index contributed by atoms with van der Waals surface area (Å²) in [5.74, 6) is -0.303. The third-order valence-electron chi connectivity index (χ3n) is 3.26. The fraction of sp³-hybridized carbons (Fsp3) is 0.889. The molecule has 0 radical (unpaired) electrons. The van der Waals surface area contributed by atoms with Crippen molar-refractivity contribution in [3.63, 3.8) is 0 Å². The molecule has 80 valence electrons. The molecule has 0 aromatic rings. The zero-order valence-electron chi connectivity index (χ0n) is 8.00. The first-order chi connectivity index (χ1) is 6.54. The highest BCUT2D eigenvalue weighted by Crippen LogP contribution is 2.33. The van der Waals surface area contributed by atoms with Crippen LogP contribution in [-0.2, 0) is 4.79 Å². The molecule has 5 nitrogen and oxygen atoms in total. The molecule has 2 saturated heterocycles. The fourth-order valence-electron chi connectivity index (χ4n) is 2.33. The van der Waals surface area contributed by atoms with Crippen molar-refractivity contribution in [2.75, 3.05) is 0 Å². The van der Waals surface area contributed by atoms with Gasteiger partial charge in [-0.3, -0.25) is 4.79 Å². The number of rotatable bonds is 0. The van der Waals surface area contributed by atoms with Crippen LogP contribution in [0.5, 0.6) is 0 Å². The van der Waals surface area contributed by atoms with E-state index in [2.05, 4.69) is 0 Å². The number of nitrogens with zero attached hydrogens (tertiary/aromatic N) is 1. The van der Waals surface area contributed by atoms with Crippen molar-refractivity contribution in [2.24, 2.45) is 5.92 Å². The van der Waals surface area contributed by atoms with E-state index in [1.54, 1.807) is 6.92 Å². The molecule has 0 bridgehead atoms. The van der Waals surface area contributed by atoms with E-state index in [-0.39, 0.29) is 11.8 Å². The number of hydrogen-bond acceptors (Lipinski definition) is 4. The van der Waals surface area contributed by atoms with Crippen LogP contribution < -0.4 is 0 Å². The van der Waals surface area contributed by atoms with Gasteiger partial charge >= 0.3 is 0 Å². The molecule has 5 unspecified atom stereocenters. The van der Waals surface area contributed by atoms with Crippen molar-refractivity contribution in [1.82, 2.24) is 4.90 Å². The quantitative estimate of drug-likeness (QED) is 0.453. The molecule has 14 heavy (non-hydrogen) atoms. The van der Waals surface area contributed by atoms with E-state index < -0.39 is 24.5 Å². The topological polar surface area (TPSA) is 81.0 Å². The molecule has 5 atom stereocenters. The number of carbonyl (C=O) groups excluding carboxylic acids is 1. The third-order valence-corrected chi connectivity index (χ3v) is 3.26. The van der Waals surface area contributed by atoms with Gasteiger partial charge in [-0.15, -0.1) is 0 Å². The highest BCUT2D eigenvalue weighted by molar-refractivity contribution is 5.80. The average molecular weight is 201 g/mol. The Balaban J connectivity index is 2.25. The van der Waals surface area contributed by atoms with Crippen molar-refractivity contribution >= 4 is 5.91 Å². The van der Waals surface area contributed by atoms with Gasteiger partial charge in [-0.05, 0) is 12.8 Å². The number of aliphatic hydroxyl groups excluding tert-OH is 3. The van der Waals surface area contributed by atoms with Crippen LogP contribution in [0.1, 0.15) is 19.8 Å². The second kappa shape index (κ2) is 3.18. The molecular formula is C9H15NO4. The summed E-state index contributed by atoms with van der Waals surface area (Å²) < 4.78 is 0. The summed E-state index contributed by atoms with van der Waals surface area (Å²) in [5.41, 5.74) is 0. The van der Waals surface area contributed by atoms with Gasteiger partial charge in [0, 0.05) is 5.92 Å². The van der Waals surface area contributed by atoms with E-state index in [9.17, 15) is 20.1 Å². The molecule has 5 heteroatoms. The largest absolute Gasteiger partial charge is 0.388 e. The number of hydrogen-bond donors (Lipinski definition) is 3. The van der Waals surface area contributed by atoms with Gasteiger partial charge in [0.2, 0.25) is 5.91 Å². The summed E-state index contributed by atoms with van der Waals surface area (Å²) in [6.07, 6.45) is -2.14. The van der Waals surface area contributed by atoms with Crippen LogP contribution in [0.25, 0.3) is 0 Å². The molecule has 0 saturated carbocycles. The van der Waals surface area contributed by atoms with Gasteiger partial charge in [0.25, 0.3) is 0 Å². The molecule has 2 aliphatic rings. The Bertz CT molecular complexity index is 257. The molecule has 2 aliphatic heterocycles.